The van der Waals surface area contributed by atoms with Gasteiger partial charge in [0.25, 0.3) is 5.56 Å². The van der Waals surface area contributed by atoms with E-state index in [9.17, 15) is 14.7 Å². The minimum Gasteiger partial charge on any atom is -0.485 e. The van der Waals surface area contributed by atoms with Crippen LogP contribution in [-0.2, 0) is 19.7 Å². The summed E-state index contributed by atoms with van der Waals surface area (Å²) in [5.74, 6) is 0.103. The third-order valence-corrected chi connectivity index (χ3v) is 5.78. The largest absolute Gasteiger partial charge is 0.485 e. The highest BCUT2D eigenvalue weighted by Gasteiger charge is 2.17. The van der Waals surface area contributed by atoms with E-state index in [1.807, 2.05) is 12.1 Å². The Kier molecular flexibility index (Phi) is 7.49. The molecule has 0 aliphatic carbocycles. The Balaban J connectivity index is 1.32. The Labute approximate surface area is 196 Å². The molecular formula is C24H25ClN4O4. The molecule has 172 valence electrons. The number of aliphatic hydroxyl groups is 1. The van der Waals surface area contributed by atoms with Gasteiger partial charge in [0.05, 0.1) is 23.0 Å². The van der Waals surface area contributed by atoms with Crippen molar-refractivity contribution < 1.29 is 14.6 Å². The third kappa shape index (κ3) is 6.47. The Morgan fingerprint density at radius 1 is 1.12 bits per heavy atom. The van der Waals surface area contributed by atoms with Gasteiger partial charge in [0.2, 0.25) is 0 Å². The van der Waals surface area contributed by atoms with Crippen LogP contribution in [0, 0.1) is 0 Å². The molecule has 0 atom stereocenters. The summed E-state index contributed by atoms with van der Waals surface area (Å²) >= 11 is 5.81. The van der Waals surface area contributed by atoms with Crippen LogP contribution >= 0.6 is 11.6 Å². The molecule has 0 spiro atoms. The number of ketones is 1. The highest BCUT2D eigenvalue weighted by atomic mass is 35.5. The lowest BCUT2D eigenvalue weighted by Gasteiger charge is -2.29. The molecule has 2 aromatic heterocycles. The summed E-state index contributed by atoms with van der Waals surface area (Å²) in [5.41, 5.74) is 1.87. The van der Waals surface area contributed by atoms with Crippen LogP contribution in [0.25, 0.3) is 0 Å². The maximum atomic E-state index is 12.6. The SMILES string of the molecule is O=C(Cn1ncc(OCc2ccc(Cl)cn2)cc1=O)c1ccc(CN2CCC(O)CC2)cc1. The van der Waals surface area contributed by atoms with Crippen LogP contribution in [0.1, 0.15) is 34.5 Å². The zero-order valence-electron chi connectivity index (χ0n) is 18.1. The van der Waals surface area contributed by atoms with Gasteiger partial charge >= 0.3 is 0 Å². The molecule has 4 rings (SSSR count). The van der Waals surface area contributed by atoms with Crippen LogP contribution in [0.3, 0.4) is 0 Å². The second kappa shape index (κ2) is 10.7. The van der Waals surface area contributed by atoms with E-state index in [-0.39, 0.29) is 25.0 Å². The van der Waals surface area contributed by atoms with Gasteiger partial charge in [-0.15, -0.1) is 0 Å². The molecule has 1 saturated heterocycles. The number of ether oxygens (including phenoxy) is 1. The zero-order chi connectivity index (χ0) is 23.2. The minimum atomic E-state index is -0.422. The molecule has 1 aliphatic rings. The van der Waals surface area contributed by atoms with Crippen molar-refractivity contribution in [2.24, 2.45) is 0 Å². The van der Waals surface area contributed by atoms with E-state index in [0.29, 0.717) is 22.0 Å². The van der Waals surface area contributed by atoms with Crippen LogP contribution in [0.15, 0.2) is 59.7 Å². The van der Waals surface area contributed by atoms with Crippen LogP contribution in [0.5, 0.6) is 5.75 Å². The summed E-state index contributed by atoms with van der Waals surface area (Å²) in [6.07, 6.45) is 4.32. The molecule has 3 aromatic rings. The van der Waals surface area contributed by atoms with Gasteiger partial charge in [-0.3, -0.25) is 19.5 Å². The molecule has 0 bridgehead atoms. The smallest absolute Gasteiger partial charge is 0.270 e. The van der Waals surface area contributed by atoms with E-state index in [4.69, 9.17) is 16.3 Å². The average molecular weight is 469 g/mol. The molecule has 0 unspecified atom stereocenters. The number of rotatable bonds is 8. The van der Waals surface area contributed by atoms with Crippen LogP contribution in [0.2, 0.25) is 5.02 Å². The maximum absolute atomic E-state index is 12.6. The number of aliphatic hydroxyl groups excluding tert-OH is 1. The van der Waals surface area contributed by atoms with Crippen LogP contribution < -0.4 is 10.3 Å². The second-order valence-corrected chi connectivity index (χ2v) is 8.51. The number of nitrogens with zero attached hydrogens (tertiary/aromatic N) is 4. The number of pyridine rings is 1. The Morgan fingerprint density at radius 2 is 1.88 bits per heavy atom. The molecule has 1 fully saturated rings. The summed E-state index contributed by atoms with van der Waals surface area (Å²) in [6.45, 7) is 2.54. The number of aromatic nitrogens is 3. The van der Waals surface area contributed by atoms with E-state index >= 15 is 0 Å². The maximum Gasteiger partial charge on any atom is 0.270 e. The first-order valence-corrected chi connectivity index (χ1v) is 11.2. The normalized spacial score (nSPS) is 14.8. The highest BCUT2D eigenvalue weighted by molar-refractivity contribution is 6.30. The zero-order valence-corrected chi connectivity index (χ0v) is 18.8. The number of carbonyl (C=O) groups excluding carboxylic acids is 1. The van der Waals surface area contributed by atoms with Gasteiger partial charge < -0.3 is 9.84 Å². The number of hydrogen-bond acceptors (Lipinski definition) is 7. The van der Waals surface area contributed by atoms with Crippen molar-refractivity contribution in [3.63, 3.8) is 0 Å². The number of benzene rings is 1. The van der Waals surface area contributed by atoms with Gasteiger partial charge in [-0.1, -0.05) is 35.9 Å². The van der Waals surface area contributed by atoms with E-state index in [1.165, 1.54) is 18.5 Å². The molecule has 1 N–H and O–H groups in total. The molecule has 1 aromatic carbocycles. The first kappa shape index (κ1) is 23.1. The van der Waals surface area contributed by atoms with Crippen molar-refractivity contribution >= 4 is 17.4 Å². The number of carbonyl (C=O) groups is 1. The molecule has 0 radical (unpaired) electrons. The van der Waals surface area contributed by atoms with E-state index in [2.05, 4.69) is 15.0 Å². The quantitative estimate of drug-likeness (QED) is 0.507. The number of Topliss-reactive ketones (excluding diaryl/α,β-unsaturated/α-hetero) is 1. The third-order valence-electron chi connectivity index (χ3n) is 5.55. The Bertz CT molecular complexity index is 1140. The fourth-order valence-corrected chi connectivity index (χ4v) is 3.73. The van der Waals surface area contributed by atoms with Crippen molar-refractivity contribution in [3.8, 4) is 5.75 Å². The van der Waals surface area contributed by atoms with Gasteiger partial charge in [-0.25, -0.2) is 4.68 Å². The van der Waals surface area contributed by atoms with E-state index in [1.54, 1.807) is 24.3 Å². The van der Waals surface area contributed by atoms with Crippen molar-refractivity contribution in [2.75, 3.05) is 13.1 Å². The van der Waals surface area contributed by atoms with Crippen LogP contribution in [0.4, 0.5) is 0 Å². The standard InChI is InChI=1S/C24H25ClN4O4/c25-19-5-6-20(26-12-19)16-33-22-11-24(32)29(27-13-22)15-23(31)18-3-1-17(2-4-18)14-28-9-7-21(30)8-10-28/h1-6,11-13,21,30H,7-10,14-16H2. The predicted molar refractivity (Wildman–Crippen MR) is 123 cm³/mol. The van der Waals surface area contributed by atoms with Gasteiger partial charge in [0.15, 0.2) is 5.78 Å². The van der Waals surface area contributed by atoms with Crippen molar-refractivity contribution in [2.45, 2.75) is 38.6 Å². The fourth-order valence-electron chi connectivity index (χ4n) is 3.62. The molecular weight excluding hydrogens is 444 g/mol. The van der Waals surface area contributed by atoms with Crippen LogP contribution in [-0.4, -0.2) is 49.7 Å². The van der Waals surface area contributed by atoms with Gasteiger partial charge in [-0.05, 0) is 30.5 Å². The summed E-state index contributed by atoms with van der Waals surface area (Å²) in [5, 5.41) is 14.2. The molecule has 3 heterocycles. The summed E-state index contributed by atoms with van der Waals surface area (Å²) < 4.78 is 6.67. The average Bonchev–Trinajstić information content (AvgIpc) is 2.82. The first-order valence-electron chi connectivity index (χ1n) is 10.8. The monoisotopic (exact) mass is 468 g/mol. The molecule has 8 nitrogen and oxygen atoms in total. The lowest BCUT2D eigenvalue weighted by molar-refractivity contribution is 0.0792. The molecule has 33 heavy (non-hydrogen) atoms. The van der Waals surface area contributed by atoms with Crippen molar-refractivity contribution in [3.05, 3.63) is 87.1 Å². The number of hydrogen-bond donors (Lipinski definition) is 1. The minimum absolute atomic E-state index is 0.152. The molecule has 0 saturated carbocycles. The molecule has 0 amide bonds. The van der Waals surface area contributed by atoms with Gasteiger partial charge in [0.1, 0.15) is 18.9 Å². The van der Waals surface area contributed by atoms with E-state index in [0.717, 1.165) is 42.7 Å². The van der Waals surface area contributed by atoms with Gasteiger partial charge in [0, 0.05) is 37.5 Å². The van der Waals surface area contributed by atoms with Crippen molar-refractivity contribution in [1.29, 1.82) is 0 Å². The lowest BCUT2D eigenvalue weighted by Crippen LogP contribution is -2.35. The van der Waals surface area contributed by atoms with Gasteiger partial charge in [-0.2, -0.15) is 5.10 Å². The summed E-state index contributed by atoms with van der Waals surface area (Å²) in [4.78, 5) is 31.4. The predicted octanol–water partition coefficient (Wildman–Crippen LogP) is 2.71. The topological polar surface area (TPSA) is 97.6 Å². The number of piperidine rings is 1. The molecule has 1 aliphatic heterocycles. The summed E-state index contributed by atoms with van der Waals surface area (Å²) in [7, 11) is 0. The first-order chi connectivity index (χ1) is 16.0. The number of likely N-dealkylation sites (tertiary alicyclic amines) is 1. The number of halogens is 1. The Hall–Kier alpha value is -3.07. The second-order valence-electron chi connectivity index (χ2n) is 8.07. The Morgan fingerprint density at radius 3 is 2.55 bits per heavy atom. The lowest BCUT2D eigenvalue weighted by atomic mass is 10.1. The summed E-state index contributed by atoms with van der Waals surface area (Å²) in [6, 6.07) is 12.1. The van der Waals surface area contributed by atoms with E-state index < -0.39 is 5.56 Å². The highest BCUT2D eigenvalue weighted by Crippen LogP contribution is 2.15. The molecule has 9 heteroatoms. The van der Waals surface area contributed by atoms with Crippen molar-refractivity contribution in [1.82, 2.24) is 19.7 Å². The fraction of sp³-hybridized carbons (Fsp3) is 0.333.